The van der Waals surface area contributed by atoms with Crippen LogP contribution in [0.1, 0.15) is 34.5 Å². The van der Waals surface area contributed by atoms with E-state index < -0.39 is 10.0 Å². The molecule has 0 aliphatic heterocycles. The van der Waals surface area contributed by atoms with E-state index in [9.17, 15) is 13.2 Å². The second kappa shape index (κ2) is 8.49. The number of benzene rings is 3. The lowest BCUT2D eigenvalue weighted by Crippen LogP contribution is -2.29. The van der Waals surface area contributed by atoms with Gasteiger partial charge in [-0.1, -0.05) is 48.5 Å². The maximum absolute atomic E-state index is 12.8. The average molecular weight is 409 g/mol. The third kappa shape index (κ3) is 4.66. The van der Waals surface area contributed by atoms with Crippen molar-refractivity contribution < 1.29 is 13.2 Å². The number of sulfonamides is 1. The molecule has 0 aromatic heterocycles. The normalized spacial score (nSPS) is 12.2. The number of amides is 1. The topological polar surface area (TPSA) is 66.5 Å². The summed E-state index contributed by atoms with van der Waals surface area (Å²) in [6.07, 6.45) is 0. The van der Waals surface area contributed by atoms with Crippen LogP contribution in [0.5, 0.6) is 0 Å². The first kappa shape index (κ1) is 20.6. The zero-order chi connectivity index (χ0) is 21.0. The van der Waals surface area contributed by atoms with Crippen LogP contribution in [-0.4, -0.2) is 26.3 Å². The molecule has 0 heterocycles. The SMILES string of the molecule is Cc1ccccc1NS(=O)(=O)c1ccc(C(=O)N(C)C(C)c2ccccc2)cc1. The van der Waals surface area contributed by atoms with Crippen LogP contribution in [0.4, 0.5) is 5.69 Å². The Morgan fingerprint density at radius 1 is 0.897 bits per heavy atom. The van der Waals surface area contributed by atoms with E-state index in [-0.39, 0.29) is 16.8 Å². The lowest BCUT2D eigenvalue weighted by Gasteiger charge is -2.25. The van der Waals surface area contributed by atoms with Crippen molar-refractivity contribution in [2.45, 2.75) is 24.8 Å². The fraction of sp³-hybridized carbons (Fsp3) is 0.174. The van der Waals surface area contributed by atoms with Crippen LogP contribution in [0.3, 0.4) is 0 Å². The smallest absolute Gasteiger partial charge is 0.261 e. The van der Waals surface area contributed by atoms with E-state index in [2.05, 4.69) is 4.72 Å². The van der Waals surface area contributed by atoms with Gasteiger partial charge in [0.2, 0.25) is 0 Å². The van der Waals surface area contributed by atoms with Gasteiger partial charge in [-0.15, -0.1) is 0 Å². The van der Waals surface area contributed by atoms with Crippen LogP contribution in [-0.2, 0) is 10.0 Å². The van der Waals surface area contributed by atoms with Crippen LogP contribution in [0.15, 0.2) is 83.8 Å². The number of nitrogens with one attached hydrogen (secondary N) is 1. The van der Waals surface area contributed by atoms with Crippen molar-refractivity contribution in [2.24, 2.45) is 0 Å². The number of rotatable bonds is 6. The van der Waals surface area contributed by atoms with Crippen LogP contribution in [0.25, 0.3) is 0 Å². The first-order valence-corrected chi connectivity index (χ1v) is 10.8. The molecule has 0 spiro atoms. The summed E-state index contributed by atoms with van der Waals surface area (Å²) in [5.41, 5.74) is 2.83. The lowest BCUT2D eigenvalue weighted by atomic mass is 10.1. The molecule has 3 rings (SSSR count). The molecule has 1 N–H and O–H groups in total. The number of carbonyl (C=O) groups is 1. The van der Waals surface area contributed by atoms with Crippen LogP contribution < -0.4 is 4.72 Å². The Labute approximate surface area is 172 Å². The maximum Gasteiger partial charge on any atom is 0.261 e. The first-order chi connectivity index (χ1) is 13.8. The van der Waals surface area contributed by atoms with E-state index >= 15 is 0 Å². The zero-order valence-corrected chi connectivity index (χ0v) is 17.5. The Balaban J connectivity index is 1.77. The van der Waals surface area contributed by atoms with Crippen molar-refractivity contribution in [2.75, 3.05) is 11.8 Å². The third-order valence-electron chi connectivity index (χ3n) is 4.98. The Bertz CT molecular complexity index is 1090. The van der Waals surface area contributed by atoms with Crippen LogP contribution in [0, 0.1) is 6.92 Å². The van der Waals surface area contributed by atoms with Gasteiger partial charge < -0.3 is 4.90 Å². The Morgan fingerprint density at radius 2 is 1.48 bits per heavy atom. The number of hydrogen-bond acceptors (Lipinski definition) is 3. The van der Waals surface area contributed by atoms with Gasteiger partial charge in [0.05, 0.1) is 16.6 Å². The van der Waals surface area contributed by atoms with E-state index in [4.69, 9.17) is 0 Å². The van der Waals surface area contributed by atoms with E-state index in [1.807, 2.05) is 56.3 Å². The van der Waals surface area contributed by atoms with Gasteiger partial charge in [0.25, 0.3) is 15.9 Å². The number of para-hydroxylation sites is 1. The van der Waals surface area contributed by atoms with Crippen molar-refractivity contribution >= 4 is 21.6 Å². The molecule has 1 unspecified atom stereocenters. The highest BCUT2D eigenvalue weighted by Gasteiger charge is 2.20. The zero-order valence-electron chi connectivity index (χ0n) is 16.7. The van der Waals surface area contributed by atoms with Gasteiger partial charge >= 0.3 is 0 Å². The molecular weight excluding hydrogens is 384 g/mol. The highest BCUT2D eigenvalue weighted by atomic mass is 32.2. The second-order valence-corrected chi connectivity index (χ2v) is 8.63. The maximum atomic E-state index is 12.8. The Kier molecular flexibility index (Phi) is 6.03. The molecule has 0 saturated carbocycles. The molecule has 0 saturated heterocycles. The largest absolute Gasteiger partial charge is 0.335 e. The Hall–Kier alpha value is -3.12. The predicted molar refractivity (Wildman–Crippen MR) is 115 cm³/mol. The molecule has 1 atom stereocenters. The van der Waals surface area contributed by atoms with Crippen LogP contribution >= 0.6 is 0 Å². The molecule has 0 aliphatic carbocycles. The summed E-state index contributed by atoms with van der Waals surface area (Å²) in [6, 6.07) is 22.8. The van der Waals surface area contributed by atoms with Gasteiger partial charge in [0.1, 0.15) is 0 Å². The Morgan fingerprint density at radius 3 is 2.10 bits per heavy atom. The van der Waals surface area contributed by atoms with Crippen LogP contribution in [0.2, 0.25) is 0 Å². The molecule has 5 nitrogen and oxygen atoms in total. The summed E-state index contributed by atoms with van der Waals surface area (Å²) in [5, 5.41) is 0. The first-order valence-electron chi connectivity index (χ1n) is 9.30. The van der Waals surface area contributed by atoms with Gasteiger partial charge in [0, 0.05) is 12.6 Å². The van der Waals surface area contributed by atoms with E-state index in [0.717, 1.165) is 11.1 Å². The van der Waals surface area contributed by atoms with Gasteiger partial charge in [-0.2, -0.15) is 0 Å². The molecule has 3 aromatic carbocycles. The summed E-state index contributed by atoms with van der Waals surface area (Å²) in [5.74, 6) is -0.169. The monoisotopic (exact) mass is 408 g/mol. The minimum Gasteiger partial charge on any atom is -0.335 e. The number of hydrogen-bond donors (Lipinski definition) is 1. The number of carbonyl (C=O) groups excluding carboxylic acids is 1. The number of aryl methyl sites for hydroxylation is 1. The number of anilines is 1. The molecule has 6 heteroatoms. The van der Waals surface area contributed by atoms with Gasteiger partial charge in [-0.05, 0) is 55.3 Å². The summed E-state index contributed by atoms with van der Waals surface area (Å²) >= 11 is 0. The minimum atomic E-state index is -3.73. The highest BCUT2D eigenvalue weighted by Crippen LogP contribution is 2.22. The third-order valence-corrected chi connectivity index (χ3v) is 6.37. The van der Waals surface area contributed by atoms with E-state index in [1.165, 1.54) is 12.1 Å². The minimum absolute atomic E-state index is 0.102. The predicted octanol–water partition coefficient (Wildman–Crippen LogP) is 4.63. The van der Waals surface area contributed by atoms with Crippen molar-refractivity contribution in [1.82, 2.24) is 4.90 Å². The van der Waals surface area contributed by atoms with Gasteiger partial charge in [0.15, 0.2) is 0 Å². The van der Waals surface area contributed by atoms with Crippen molar-refractivity contribution in [3.05, 3.63) is 95.6 Å². The summed E-state index contributed by atoms with van der Waals surface area (Å²) < 4.78 is 27.9. The average Bonchev–Trinajstić information content (AvgIpc) is 2.74. The quantitative estimate of drug-likeness (QED) is 0.647. The molecular formula is C23H24N2O3S. The molecule has 1 amide bonds. The fourth-order valence-corrected chi connectivity index (χ4v) is 4.13. The van der Waals surface area contributed by atoms with E-state index in [1.54, 1.807) is 36.2 Å². The second-order valence-electron chi connectivity index (χ2n) is 6.95. The standard InChI is InChI=1S/C23H24N2O3S/c1-17-9-7-8-12-22(17)24-29(27,28)21-15-13-20(14-16-21)23(26)25(3)18(2)19-10-5-4-6-11-19/h4-16,18,24H,1-3H3. The summed E-state index contributed by atoms with van der Waals surface area (Å²) in [4.78, 5) is 14.6. The molecule has 3 aromatic rings. The van der Waals surface area contributed by atoms with Crippen molar-refractivity contribution in [3.8, 4) is 0 Å². The highest BCUT2D eigenvalue weighted by molar-refractivity contribution is 7.92. The molecule has 0 bridgehead atoms. The van der Waals surface area contributed by atoms with Gasteiger partial charge in [-0.3, -0.25) is 9.52 Å². The van der Waals surface area contributed by atoms with Gasteiger partial charge in [-0.25, -0.2) is 8.42 Å². The molecule has 0 fully saturated rings. The summed E-state index contributed by atoms with van der Waals surface area (Å²) in [6.45, 7) is 3.79. The number of nitrogens with zero attached hydrogens (tertiary/aromatic N) is 1. The van der Waals surface area contributed by atoms with Crippen molar-refractivity contribution in [3.63, 3.8) is 0 Å². The molecule has 0 radical (unpaired) electrons. The summed E-state index contributed by atoms with van der Waals surface area (Å²) in [7, 11) is -1.99. The lowest BCUT2D eigenvalue weighted by molar-refractivity contribution is 0.0742. The van der Waals surface area contributed by atoms with E-state index in [0.29, 0.717) is 11.3 Å². The molecule has 29 heavy (non-hydrogen) atoms. The molecule has 0 aliphatic rings. The molecule has 150 valence electrons. The van der Waals surface area contributed by atoms with Crippen molar-refractivity contribution in [1.29, 1.82) is 0 Å². The fourth-order valence-electron chi connectivity index (χ4n) is 3.00.